The normalized spacial score (nSPS) is 15.1. The number of rotatable bonds is 5. The van der Waals surface area contributed by atoms with E-state index in [1.807, 2.05) is 25.1 Å². The number of amides is 1. The molecule has 1 aliphatic rings. The Hall–Kier alpha value is -2.89. The Bertz CT molecular complexity index is 989. The van der Waals surface area contributed by atoms with Crippen molar-refractivity contribution in [3.05, 3.63) is 59.7 Å². The maximum absolute atomic E-state index is 12.8. The number of nitrogens with zero attached hydrogens (tertiary/aromatic N) is 3. The first-order chi connectivity index (χ1) is 13.4. The van der Waals surface area contributed by atoms with Crippen LogP contribution in [0.4, 0.5) is 0 Å². The fourth-order valence-corrected chi connectivity index (χ4v) is 4.54. The van der Waals surface area contributed by atoms with Gasteiger partial charge in [-0.1, -0.05) is 29.8 Å². The molecule has 0 atom stereocenters. The maximum Gasteiger partial charge on any atom is 0.260 e. The van der Waals surface area contributed by atoms with E-state index in [2.05, 4.69) is 0 Å². The van der Waals surface area contributed by atoms with Crippen LogP contribution in [0.1, 0.15) is 11.1 Å². The summed E-state index contributed by atoms with van der Waals surface area (Å²) in [5.41, 5.74) is 1.22. The van der Waals surface area contributed by atoms with Crippen LogP contribution in [0.15, 0.2) is 53.4 Å². The number of benzene rings is 2. The standard InChI is InChI=1S/C20H21N3O4S/c1-16-6-8-18(9-7-16)27-15-20(24)22-10-12-23(13-11-22)28(25,26)19-5-3-2-4-17(19)14-21/h2-9H,10-13,15H2,1H3. The molecule has 0 N–H and O–H groups in total. The number of ether oxygens (including phenoxy) is 1. The van der Waals surface area contributed by atoms with Crippen LogP contribution in [-0.2, 0) is 14.8 Å². The average molecular weight is 399 g/mol. The van der Waals surface area contributed by atoms with Gasteiger partial charge < -0.3 is 9.64 Å². The molecule has 1 fully saturated rings. The molecule has 0 spiro atoms. The number of piperazine rings is 1. The summed E-state index contributed by atoms with van der Waals surface area (Å²) in [4.78, 5) is 13.9. The van der Waals surface area contributed by atoms with Crippen molar-refractivity contribution >= 4 is 15.9 Å². The Morgan fingerprint density at radius 3 is 2.36 bits per heavy atom. The van der Waals surface area contributed by atoms with E-state index in [-0.39, 0.29) is 49.2 Å². The molecule has 0 saturated carbocycles. The van der Waals surface area contributed by atoms with Crippen molar-refractivity contribution in [1.82, 2.24) is 9.21 Å². The highest BCUT2D eigenvalue weighted by molar-refractivity contribution is 7.89. The molecule has 1 heterocycles. The van der Waals surface area contributed by atoms with Crippen molar-refractivity contribution in [2.45, 2.75) is 11.8 Å². The molecule has 2 aromatic rings. The average Bonchev–Trinajstić information content (AvgIpc) is 2.73. The molecule has 0 aliphatic carbocycles. The third-order valence-corrected chi connectivity index (χ3v) is 6.56. The summed E-state index contributed by atoms with van der Waals surface area (Å²) in [7, 11) is -3.77. The van der Waals surface area contributed by atoms with Crippen LogP contribution in [0.2, 0.25) is 0 Å². The van der Waals surface area contributed by atoms with Gasteiger partial charge in [-0.2, -0.15) is 9.57 Å². The van der Waals surface area contributed by atoms with Gasteiger partial charge in [0, 0.05) is 26.2 Å². The second-order valence-electron chi connectivity index (χ2n) is 6.49. The number of hydrogen-bond donors (Lipinski definition) is 0. The van der Waals surface area contributed by atoms with Crippen LogP contribution in [-0.4, -0.2) is 56.3 Å². The van der Waals surface area contributed by atoms with Crippen molar-refractivity contribution in [3.63, 3.8) is 0 Å². The van der Waals surface area contributed by atoms with Gasteiger partial charge in [0.15, 0.2) is 6.61 Å². The fourth-order valence-electron chi connectivity index (χ4n) is 2.97. The largest absolute Gasteiger partial charge is 0.484 e. The van der Waals surface area contributed by atoms with E-state index in [1.54, 1.807) is 29.2 Å². The van der Waals surface area contributed by atoms with Crippen LogP contribution in [0.3, 0.4) is 0 Å². The summed E-state index contributed by atoms with van der Waals surface area (Å²) in [6.45, 7) is 2.80. The highest BCUT2D eigenvalue weighted by Crippen LogP contribution is 2.21. The van der Waals surface area contributed by atoms with Crippen molar-refractivity contribution in [2.24, 2.45) is 0 Å². The van der Waals surface area contributed by atoms with E-state index in [4.69, 9.17) is 10.00 Å². The molecule has 0 bridgehead atoms. The van der Waals surface area contributed by atoms with Crippen LogP contribution < -0.4 is 4.74 Å². The Morgan fingerprint density at radius 2 is 1.71 bits per heavy atom. The Morgan fingerprint density at radius 1 is 1.07 bits per heavy atom. The van der Waals surface area contributed by atoms with E-state index in [0.717, 1.165) is 5.56 Å². The fraction of sp³-hybridized carbons (Fsp3) is 0.300. The molecule has 0 aromatic heterocycles. The van der Waals surface area contributed by atoms with Crippen molar-refractivity contribution in [2.75, 3.05) is 32.8 Å². The smallest absolute Gasteiger partial charge is 0.260 e. The van der Waals surface area contributed by atoms with Gasteiger partial charge in [-0.25, -0.2) is 8.42 Å². The molecule has 7 nitrogen and oxygen atoms in total. The lowest BCUT2D eigenvalue weighted by atomic mass is 10.2. The SMILES string of the molecule is Cc1ccc(OCC(=O)N2CCN(S(=O)(=O)c3ccccc3C#N)CC2)cc1. The van der Waals surface area contributed by atoms with E-state index >= 15 is 0 Å². The minimum atomic E-state index is -3.77. The monoisotopic (exact) mass is 399 g/mol. The Kier molecular flexibility index (Phi) is 5.97. The second-order valence-corrected chi connectivity index (χ2v) is 8.40. The summed E-state index contributed by atoms with van der Waals surface area (Å²) >= 11 is 0. The lowest BCUT2D eigenvalue weighted by Crippen LogP contribution is -2.51. The number of aryl methyl sites for hydroxylation is 1. The first-order valence-electron chi connectivity index (χ1n) is 8.88. The molecule has 1 amide bonds. The second kappa shape index (κ2) is 8.42. The van der Waals surface area contributed by atoms with Gasteiger partial charge in [-0.05, 0) is 31.2 Å². The molecule has 8 heteroatoms. The van der Waals surface area contributed by atoms with Crippen LogP contribution in [0.5, 0.6) is 5.75 Å². The molecule has 1 aliphatic heterocycles. The van der Waals surface area contributed by atoms with Gasteiger partial charge in [-0.15, -0.1) is 0 Å². The van der Waals surface area contributed by atoms with E-state index < -0.39 is 10.0 Å². The third kappa shape index (κ3) is 4.32. The van der Waals surface area contributed by atoms with Gasteiger partial charge in [0.25, 0.3) is 5.91 Å². The minimum Gasteiger partial charge on any atom is -0.484 e. The topological polar surface area (TPSA) is 90.7 Å². The molecular weight excluding hydrogens is 378 g/mol. The number of sulfonamides is 1. The summed E-state index contributed by atoms with van der Waals surface area (Å²) in [5.74, 6) is 0.434. The maximum atomic E-state index is 12.8. The van der Waals surface area contributed by atoms with Crippen LogP contribution in [0.25, 0.3) is 0 Å². The molecule has 0 unspecified atom stereocenters. The zero-order valence-corrected chi connectivity index (χ0v) is 16.4. The first-order valence-corrected chi connectivity index (χ1v) is 10.3. The molecule has 0 radical (unpaired) electrons. The molecule has 2 aromatic carbocycles. The lowest BCUT2D eigenvalue weighted by molar-refractivity contribution is -0.134. The quantitative estimate of drug-likeness (QED) is 0.764. The van der Waals surface area contributed by atoms with Crippen molar-refractivity contribution in [1.29, 1.82) is 5.26 Å². The highest BCUT2D eigenvalue weighted by atomic mass is 32.2. The number of nitriles is 1. The third-order valence-electron chi connectivity index (χ3n) is 4.60. The van der Waals surface area contributed by atoms with E-state index in [1.165, 1.54) is 16.4 Å². The highest BCUT2D eigenvalue weighted by Gasteiger charge is 2.31. The van der Waals surface area contributed by atoms with Crippen molar-refractivity contribution < 1.29 is 17.9 Å². The molecule has 1 saturated heterocycles. The van der Waals surface area contributed by atoms with Crippen LogP contribution >= 0.6 is 0 Å². The summed E-state index contributed by atoms with van der Waals surface area (Å²) in [5, 5.41) is 9.16. The Labute approximate surface area is 164 Å². The van der Waals surface area contributed by atoms with E-state index in [9.17, 15) is 13.2 Å². The van der Waals surface area contributed by atoms with Crippen LogP contribution in [0, 0.1) is 18.3 Å². The van der Waals surface area contributed by atoms with Gasteiger partial charge >= 0.3 is 0 Å². The Balaban J connectivity index is 1.58. The molecule has 146 valence electrons. The number of carbonyl (C=O) groups is 1. The zero-order chi connectivity index (χ0) is 20.1. The lowest BCUT2D eigenvalue weighted by Gasteiger charge is -2.34. The van der Waals surface area contributed by atoms with Crippen molar-refractivity contribution in [3.8, 4) is 11.8 Å². The predicted octanol–water partition coefficient (Wildman–Crippen LogP) is 1.78. The number of carbonyl (C=O) groups excluding carboxylic acids is 1. The van der Waals surface area contributed by atoms with Gasteiger partial charge in [0.1, 0.15) is 11.8 Å². The minimum absolute atomic E-state index is 0.0000177. The molecular formula is C20H21N3O4S. The van der Waals surface area contributed by atoms with E-state index in [0.29, 0.717) is 5.75 Å². The predicted molar refractivity (Wildman–Crippen MR) is 103 cm³/mol. The zero-order valence-electron chi connectivity index (χ0n) is 15.5. The van der Waals surface area contributed by atoms with Gasteiger partial charge in [0.05, 0.1) is 10.5 Å². The summed E-state index contributed by atoms with van der Waals surface area (Å²) in [6, 6.07) is 15.5. The number of hydrogen-bond acceptors (Lipinski definition) is 5. The van der Waals surface area contributed by atoms with Gasteiger partial charge in [-0.3, -0.25) is 4.79 Å². The molecule has 3 rings (SSSR count). The summed E-state index contributed by atoms with van der Waals surface area (Å²) < 4.78 is 32.5. The summed E-state index contributed by atoms with van der Waals surface area (Å²) in [6.07, 6.45) is 0. The van der Waals surface area contributed by atoms with Gasteiger partial charge in [0.2, 0.25) is 10.0 Å². The first kappa shape index (κ1) is 19.9. The molecule has 28 heavy (non-hydrogen) atoms.